The van der Waals surface area contributed by atoms with Crippen molar-refractivity contribution in [2.75, 3.05) is 18.0 Å². The second kappa shape index (κ2) is 5.19. The molecule has 3 aromatic rings. The van der Waals surface area contributed by atoms with E-state index in [0.29, 0.717) is 11.5 Å². The SMILES string of the molecule is Cc1nn(C)c2ncc(-c3cncc(N4CCC(F)(F)C4)n3)cc12. The van der Waals surface area contributed by atoms with E-state index in [-0.39, 0.29) is 19.5 Å². The summed E-state index contributed by atoms with van der Waals surface area (Å²) in [5.74, 6) is -2.20. The molecular formula is C16H16F2N6. The summed E-state index contributed by atoms with van der Waals surface area (Å²) in [6.07, 6.45) is 4.69. The number of rotatable bonds is 2. The first-order valence-corrected chi connectivity index (χ1v) is 7.67. The summed E-state index contributed by atoms with van der Waals surface area (Å²) in [5.41, 5.74) is 3.07. The molecule has 0 unspecified atom stereocenters. The van der Waals surface area contributed by atoms with Gasteiger partial charge in [-0.05, 0) is 13.0 Å². The molecule has 0 amide bonds. The van der Waals surface area contributed by atoms with E-state index >= 15 is 0 Å². The number of aryl methyl sites for hydroxylation is 2. The number of halogens is 2. The predicted molar refractivity (Wildman–Crippen MR) is 86.0 cm³/mol. The van der Waals surface area contributed by atoms with Crippen LogP contribution in [-0.4, -0.2) is 43.7 Å². The van der Waals surface area contributed by atoms with Gasteiger partial charge in [0.1, 0.15) is 5.82 Å². The zero-order valence-corrected chi connectivity index (χ0v) is 13.4. The number of hydrogen-bond donors (Lipinski definition) is 0. The predicted octanol–water partition coefficient (Wildman–Crippen LogP) is 2.58. The standard InChI is InChI=1S/C16H16F2N6/c1-10-12-5-11(6-20-15(12)23(2)22-10)13-7-19-8-14(21-13)24-4-3-16(17,18)9-24/h5-8H,3-4,9H2,1-2H3. The average Bonchev–Trinajstić information content (AvgIpc) is 3.07. The highest BCUT2D eigenvalue weighted by molar-refractivity contribution is 5.82. The van der Waals surface area contributed by atoms with Crippen molar-refractivity contribution < 1.29 is 8.78 Å². The van der Waals surface area contributed by atoms with Gasteiger partial charge < -0.3 is 4.90 Å². The normalized spacial score (nSPS) is 16.9. The largest absolute Gasteiger partial charge is 0.349 e. The van der Waals surface area contributed by atoms with E-state index in [1.165, 1.54) is 6.20 Å². The lowest BCUT2D eigenvalue weighted by atomic mass is 10.1. The Bertz CT molecular complexity index is 920. The fraction of sp³-hybridized carbons (Fsp3) is 0.375. The summed E-state index contributed by atoms with van der Waals surface area (Å²) in [7, 11) is 1.84. The van der Waals surface area contributed by atoms with Crippen molar-refractivity contribution in [1.29, 1.82) is 0 Å². The average molecular weight is 330 g/mol. The molecule has 0 radical (unpaired) electrons. The van der Waals surface area contributed by atoms with E-state index in [1.807, 2.05) is 20.0 Å². The Morgan fingerprint density at radius 2 is 2.04 bits per heavy atom. The lowest BCUT2D eigenvalue weighted by Crippen LogP contribution is -2.25. The number of alkyl halides is 2. The summed E-state index contributed by atoms with van der Waals surface area (Å²) < 4.78 is 28.6. The second-order valence-corrected chi connectivity index (χ2v) is 6.09. The first kappa shape index (κ1) is 14.9. The highest BCUT2D eigenvalue weighted by Gasteiger charge is 2.38. The second-order valence-electron chi connectivity index (χ2n) is 6.09. The molecule has 24 heavy (non-hydrogen) atoms. The zero-order chi connectivity index (χ0) is 16.9. The highest BCUT2D eigenvalue weighted by Crippen LogP contribution is 2.30. The molecule has 4 rings (SSSR count). The van der Waals surface area contributed by atoms with Gasteiger partial charge in [0.15, 0.2) is 5.65 Å². The van der Waals surface area contributed by atoms with Crippen LogP contribution < -0.4 is 4.90 Å². The van der Waals surface area contributed by atoms with Crippen molar-refractivity contribution in [3.63, 3.8) is 0 Å². The van der Waals surface area contributed by atoms with Crippen LogP contribution in [0, 0.1) is 6.92 Å². The number of anilines is 1. The van der Waals surface area contributed by atoms with Crippen molar-refractivity contribution in [2.45, 2.75) is 19.3 Å². The Balaban J connectivity index is 1.72. The van der Waals surface area contributed by atoms with Gasteiger partial charge in [0.25, 0.3) is 5.92 Å². The lowest BCUT2D eigenvalue weighted by molar-refractivity contribution is 0.0256. The zero-order valence-electron chi connectivity index (χ0n) is 13.4. The molecule has 0 saturated carbocycles. The van der Waals surface area contributed by atoms with Gasteiger partial charge in [0.2, 0.25) is 0 Å². The molecule has 0 aromatic carbocycles. The van der Waals surface area contributed by atoms with Crippen molar-refractivity contribution in [2.24, 2.45) is 7.05 Å². The topological polar surface area (TPSA) is 59.7 Å². The van der Waals surface area contributed by atoms with Crippen LogP contribution in [0.4, 0.5) is 14.6 Å². The molecule has 8 heteroatoms. The Kier molecular flexibility index (Phi) is 3.22. The molecule has 1 fully saturated rings. The lowest BCUT2D eigenvalue weighted by Gasteiger charge is -2.17. The van der Waals surface area contributed by atoms with Crippen LogP contribution in [0.2, 0.25) is 0 Å². The summed E-state index contributed by atoms with van der Waals surface area (Å²) in [6, 6.07) is 1.96. The Morgan fingerprint density at radius 1 is 1.21 bits per heavy atom. The van der Waals surface area contributed by atoms with Gasteiger partial charge in [-0.3, -0.25) is 9.67 Å². The van der Waals surface area contributed by atoms with E-state index in [2.05, 4.69) is 20.1 Å². The molecule has 1 aliphatic heterocycles. The van der Waals surface area contributed by atoms with Crippen molar-refractivity contribution in [3.05, 3.63) is 30.4 Å². The third kappa shape index (κ3) is 2.47. The molecule has 0 spiro atoms. The maximum absolute atomic E-state index is 13.4. The highest BCUT2D eigenvalue weighted by atomic mass is 19.3. The van der Waals surface area contributed by atoms with Gasteiger partial charge in [-0.25, -0.2) is 18.7 Å². The molecule has 0 bridgehead atoms. The van der Waals surface area contributed by atoms with Crippen LogP contribution in [0.3, 0.4) is 0 Å². The van der Waals surface area contributed by atoms with Gasteiger partial charge in [-0.15, -0.1) is 0 Å². The van der Waals surface area contributed by atoms with Gasteiger partial charge in [0, 0.05) is 37.2 Å². The number of hydrogen-bond acceptors (Lipinski definition) is 5. The third-order valence-corrected chi connectivity index (χ3v) is 4.27. The van der Waals surface area contributed by atoms with E-state index in [4.69, 9.17) is 0 Å². The quantitative estimate of drug-likeness (QED) is 0.723. The fourth-order valence-electron chi connectivity index (χ4n) is 3.03. The van der Waals surface area contributed by atoms with Crippen LogP contribution in [0.25, 0.3) is 22.3 Å². The molecule has 1 aliphatic rings. The first-order valence-electron chi connectivity index (χ1n) is 7.67. The number of aromatic nitrogens is 5. The smallest absolute Gasteiger partial charge is 0.266 e. The maximum atomic E-state index is 13.4. The van der Waals surface area contributed by atoms with Gasteiger partial charge in [-0.1, -0.05) is 0 Å². The number of pyridine rings is 1. The molecule has 3 aromatic heterocycles. The minimum absolute atomic E-state index is 0.151. The molecular weight excluding hydrogens is 314 g/mol. The fourth-order valence-corrected chi connectivity index (χ4v) is 3.03. The Hall–Kier alpha value is -2.64. The summed E-state index contributed by atoms with van der Waals surface area (Å²) >= 11 is 0. The van der Waals surface area contributed by atoms with Crippen LogP contribution in [0.15, 0.2) is 24.7 Å². The van der Waals surface area contributed by atoms with Crippen molar-refractivity contribution >= 4 is 16.9 Å². The van der Waals surface area contributed by atoms with E-state index < -0.39 is 5.92 Å². The number of nitrogens with zero attached hydrogens (tertiary/aromatic N) is 6. The van der Waals surface area contributed by atoms with Crippen molar-refractivity contribution in [1.82, 2.24) is 24.7 Å². The summed E-state index contributed by atoms with van der Waals surface area (Å²) in [6.45, 7) is 1.89. The summed E-state index contributed by atoms with van der Waals surface area (Å²) in [5, 5.41) is 5.29. The van der Waals surface area contributed by atoms with Crippen LogP contribution in [0.1, 0.15) is 12.1 Å². The van der Waals surface area contributed by atoms with Gasteiger partial charge in [0.05, 0.1) is 30.3 Å². The van der Waals surface area contributed by atoms with E-state index in [1.54, 1.807) is 22.0 Å². The Morgan fingerprint density at radius 3 is 2.79 bits per heavy atom. The van der Waals surface area contributed by atoms with E-state index in [0.717, 1.165) is 22.3 Å². The minimum Gasteiger partial charge on any atom is -0.349 e. The molecule has 1 saturated heterocycles. The van der Waals surface area contributed by atoms with Gasteiger partial charge >= 0.3 is 0 Å². The maximum Gasteiger partial charge on any atom is 0.266 e. The monoisotopic (exact) mass is 330 g/mol. The van der Waals surface area contributed by atoms with E-state index in [9.17, 15) is 8.78 Å². The molecule has 4 heterocycles. The van der Waals surface area contributed by atoms with Gasteiger partial charge in [-0.2, -0.15) is 5.10 Å². The minimum atomic E-state index is -2.66. The molecule has 0 N–H and O–H groups in total. The number of fused-ring (bicyclic) bond motifs is 1. The third-order valence-electron chi connectivity index (χ3n) is 4.27. The molecule has 6 nitrogen and oxygen atoms in total. The summed E-state index contributed by atoms with van der Waals surface area (Å²) in [4.78, 5) is 14.7. The first-order chi connectivity index (χ1) is 11.4. The molecule has 0 atom stereocenters. The van der Waals surface area contributed by atoms with Crippen LogP contribution in [-0.2, 0) is 7.05 Å². The molecule has 124 valence electrons. The van der Waals surface area contributed by atoms with Crippen molar-refractivity contribution in [3.8, 4) is 11.3 Å². The van der Waals surface area contributed by atoms with Crippen LogP contribution in [0.5, 0.6) is 0 Å². The Labute approximate surface area is 137 Å². The molecule has 0 aliphatic carbocycles. The van der Waals surface area contributed by atoms with Crippen LogP contribution >= 0.6 is 0 Å².